The fourth-order valence-corrected chi connectivity index (χ4v) is 3.60. The van der Waals surface area contributed by atoms with E-state index in [1.54, 1.807) is 12.1 Å². The molecule has 1 saturated heterocycles. The number of benzene rings is 1. The number of aryl methyl sites for hydroxylation is 1. The van der Waals surface area contributed by atoms with Gasteiger partial charge in [0.2, 0.25) is 0 Å². The Kier molecular flexibility index (Phi) is 4.78. The van der Waals surface area contributed by atoms with E-state index in [9.17, 15) is 8.42 Å². The molecule has 1 aromatic heterocycles. The lowest BCUT2D eigenvalue weighted by Gasteiger charge is -2.28. The number of morpholine rings is 1. The number of thiocarbonyl (C=S) groups is 1. The highest BCUT2D eigenvalue weighted by Crippen LogP contribution is 2.19. The van der Waals surface area contributed by atoms with Gasteiger partial charge in [-0.2, -0.15) is 10.3 Å². The smallest absolute Gasteiger partial charge is 0.263 e. The first-order valence-electron chi connectivity index (χ1n) is 7.34. The van der Waals surface area contributed by atoms with E-state index in [4.69, 9.17) is 17.0 Å². The molecule has 2 N–H and O–H groups in total. The summed E-state index contributed by atoms with van der Waals surface area (Å²) in [5.74, 6) is 0.0899. The molecule has 8 nitrogen and oxygen atoms in total. The van der Waals surface area contributed by atoms with Crippen LogP contribution in [0.5, 0.6) is 0 Å². The third kappa shape index (κ3) is 3.55. The van der Waals surface area contributed by atoms with Crippen molar-refractivity contribution in [3.63, 3.8) is 0 Å². The van der Waals surface area contributed by atoms with Crippen LogP contribution < -0.4 is 4.72 Å². The van der Waals surface area contributed by atoms with Crippen LogP contribution >= 0.6 is 12.2 Å². The van der Waals surface area contributed by atoms with Crippen LogP contribution in [-0.2, 0) is 14.8 Å². The van der Waals surface area contributed by atoms with E-state index in [0.29, 0.717) is 37.0 Å². The molecule has 0 unspecified atom stereocenters. The number of hydrogen-bond donors (Lipinski definition) is 2. The Morgan fingerprint density at radius 3 is 2.58 bits per heavy atom. The minimum absolute atomic E-state index is 0.0899. The van der Waals surface area contributed by atoms with Crippen molar-refractivity contribution in [2.24, 2.45) is 0 Å². The van der Waals surface area contributed by atoms with Crippen molar-refractivity contribution in [1.82, 2.24) is 20.3 Å². The summed E-state index contributed by atoms with van der Waals surface area (Å²) >= 11 is 5.42. The number of aromatic nitrogens is 3. The van der Waals surface area contributed by atoms with Gasteiger partial charge in [0.05, 0.1) is 18.1 Å². The number of nitrogens with one attached hydrogen (secondary N) is 2. The van der Waals surface area contributed by atoms with Gasteiger partial charge in [-0.15, -0.1) is 5.10 Å². The first kappa shape index (κ1) is 16.8. The molecule has 24 heavy (non-hydrogen) atoms. The maximum Gasteiger partial charge on any atom is 0.263 e. The quantitative estimate of drug-likeness (QED) is 0.775. The van der Waals surface area contributed by atoms with Crippen LogP contribution in [0.4, 0.5) is 5.82 Å². The van der Waals surface area contributed by atoms with Crippen LogP contribution in [0.25, 0.3) is 0 Å². The summed E-state index contributed by atoms with van der Waals surface area (Å²) in [6, 6.07) is 6.54. The average Bonchev–Trinajstić information content (AvgIpc) is 3.02. The van der Waals surface area contributed by atoms with Crippen molar-refractivity contribution in [2.45, 2.75) is 11.8 Å². The number of H-pyrrole nitrogens is 1. The number of ether oxygens (including phenoxy) is 1. The van der Waals surface area contributed by atoms with Gasteiger partial charge in [-0.3, -0.25) is 4.72 Å². The molecule has 10 heteroatoms. The Bertz CT molecular complexity index is 826. The Hall–Kier alpha value is -2.04. The second-order valence-electron chi connectivity index (χ2n) is 5.34. The molecule has 2 aromatic rings. The van der Waals surface area contributed by atoms with E-state index in [1.165, 1.54) is 12.1 Å². The Morgan fingerprint density at radius 1 is 1.25 bits per heavy atom. The zero-order valence-electron chi connectivity index (χ0n) is 13.0. The molecule has 1 aliphatic rings. The number of anilines is 1. The molecule has 2 heterocycles. The zero-order chi connectivity index (χ0) is 17.2. The molecule has 1 aliphatic heterocycles. The van der Waals surface area contributed by atoms with Crippen LogP contribution in [-0.4, -0.2) is 60.0 Å². The van der Waals surface area contributed by atoms with Crippen molar-refractivity contribution in [1.29, 1.82) is 0 Å². The summed E-state index contributed by atoms with van der Waals surface area (Å²) in [6.07, 6.45) is 0. The van der Waals surface area contributed by atoms with Gasteiger partial charge >= 0.3 is 0 Å². The Labute approximate surface area is 145 Å². The predicted octanol–water partition coefficient (Wildman–Crippen LogP) is 0.922. The molecule has 0 atom stereocenters. The molecule has 1 aromatic carbocycles. The van der Waals surface area contributed by atoms with Gasteiger partial charge < -0.3 is 9.64 Å². The summed E-state index contributed by atoms with van der Waals surface area (Å²) in [5.41, 5.74) is 1.28. The Balaban J connectivity index is 1.82. The second-order valence-corrected chi connectivity index (χ2v) is 7.41. The first-order valence-corrected chi connectivity index (χ1v) is 9.24. The number of rotatable bonds is 4. The average molecular weight is 367 g/mol. The fraction of sp³-hybridized carbons (Fsp3) is 0.357. The van der Waals surface area contributed by atoms with E-state index >= 15 is 0 Å². The number of nitrogens with zero attached hydrogens (tertiary/aromatic N) is 3. The normalized spacial score (nSPS) is 15.3. The molecule has 0 radical (unpaired) electrons. The van der Waals surface area contributed by atoms with Gasteiger partial charge in [-0.05, 0) is 19.1 Å². The van der Waals surface area contributed by atoms with Crippen molar-refractivity contribution in [3.8, 4) is 0 Å². The number of aromatic amines is 1. The van der Waals surface area contributed by atoms with Gasteiger partial charge in [-0.25, -0.2) is 8.42 Å². The lowest BCUT2D eigenvalue weighted by molar-refractivity contribution is 0.0692. The van der Waals surface area contributed by atoms with E-state index in [0.717, 1.165) is 5.56 Å². The molecule has 1 fully saturated rings. The van der Waals surface area contributed by atoms with E-state index < -0.39 is 10.0 Å². The van der Waals surface area contributed by atoms with E-state index in [2.05, 4.69) is 20.1 Å². The summed E-state index contributed by atoms with van der Waals surface area (Å²) < 4.78 is 32.7. The number of hydrogen-bond acceptors (Lipinski definition) is 6. The molecule has 0 spiro atoms. The van der Waals surface area contributed by atoms with E-state index in [-0.39, 0.29) is 10.7 Å². The van der Waals surface area contributed by atoms with Crippen LogP contribution in [0.2, 0.25) is 0 Å². The van der Waals surface area contributed by atoms with Gasteiger partial charge in [0, 0.05) is 13.1 Å². The third-order valence-electron chi connectivity index (χ3n) is 3.61. The van der Waals surface area contributed by atoms with Crippen molar-refractivity contribution < 1.29 is 13.2 Å². The highest BCUT2D eigenvalue weighted by atomic mass is 32.2. The van der Waals surface area contributed by atoms with Gasteiger partial charge in [0.25, 0.3) is 10.0 Å². The summed E-state index contributed by atoms with van der Waals surface area (Å²) in [4.78, 5) is 2.51. The maximum atomic E-state index is 12.5. The van der Waals surface area contributed by atoms with Gasteiger partial charge in [0.15, 0.2) is 11.5 Å². The summed E-state index contributed by atoms with van der Waals surface area (Å²) in [5, 5.41) is 10.3. The molecule has 0 saturated carbocycles. The first-order chi connectivity index (χ1) is 11.5. The second kappa shape index (κ2) is 6.83. The fourth-order valence-electron chi connectivity index (χ4n) is 2.27. The topological polar surface area (TPSA) is 100 Å². The molecule has 3 rings (SSSR count). The molecule has 128 valence electrons. The minimum atomic E-state index is -3.76. The maximum absolute atomic E-state index is 12.5. The molecular formula is C14H17N5O3S2. The zero-order valence-corrected chi connectivity index (χ0v) is 14.7. The van der Waals surface area contributed by atoms with Crippen LogP contribution in [0.15, 0.2) is 29.2 Å². The van der Waals surface area contributed by atoms with Crippen LogP contribution in [0.1, 0.15) is 11.3 Å². The van der Waals surface area contributed by atoms with Gasteiger partial charge in [-0.1, -0.05) is 29.9 Å². The number of sulfonamides is 1. The molecule has 0 bridgehead atoms. The largest absolute Gasteiger partial charge is 0.378 e. The molecular weight excluding hydrogens is 350 g/mol. The molecule has 0 aliphatic carbocycles. The monoisotopic (exact) mass is 367 g/mol. The molecule has 0 amide bonds. The Morgan fingerprint density at radius 2 is 1.92 bits per heavy atom. The third-order valence-corrected chi connectivity index (χ3v) is 5.42. The highest BCUT2D eigenvalue weighted by Gasteiger charge is 2.24. The van der Waals surface area contributed by atoms with Crippen molar-refractivity contribution >= 4 is 33.0 Å². The van der Waals surface area contributed by atoms with Gasteiger partial charge in [0.1, 0.15) is 4.99 Å². The van der Waals surface area contributed by atoms with Crippen LogP contribution in [0, 0.1) is 6.92 Å². The van der Waals surface area contributed by atoms with Crippen molar-refractivity contribution in [2.75, 3.05) is 31.0 Å². The summed E-state index contributed by atoms with van der Waals surface area (Å²) in [6.45, 7) is 4.30. The lowest BCUT2D eigenvalue weighted by atomic mass is 10.2. The van der Waals surface area contributed by atoms with Crippen molar-refractivity contribution in [3.05, 3.63) is 35.5 Å². The highest BCUT2D eigenvalue weighted by molar-refractivity contribution is 7.92. The summed E-state index contributed by atoms with van der Waals surface area (Å²) in [7, 11) is -3.76. The van der Waals surface area contributed by atoms with E-state index in [1.807, 2.05) is 11.8 Å². The minimum Gasteiger partial charge on any atom is -0.378 e. The standard InChI is InChI=1S/C14H17N5O3S2/c1-10-2-4-11(5-3-10)24(20,21)17-13-12(15-18-16-13)14(23)19-6-8-22-9-7-19/h2-5H,6-9H2,1H3,(H2,15,16,17,18). The predicted molar refractivity (Wildman–Crippen MR) is 92.5 cm³/mol. The van der Waals surface area contributed by atoms with Crippen LogP contribution in [0.3, 0.4) is 0 Å². The lowest BCUT2D eigenvalue weighted by Crippen LogP contribution is -2.40. The SMILES string of the molecule is Cc1ccc(S(=O)(=O)Nc2n[nH]nc2C(=S)N2CCOCC2)cc1.